The van der Waals surface area contributed by atoms with E-state index in [9.17, 15) is 14.3 Å². The van der Waals surface area contributed by atoms with Gasteiger partial charge in [-0.15, -0.1) is 0 Å². The van der Waals surface area contributed by atoms with Gasteiger partial charge in [0, 0.05) is 31.3 Å². The molecule has 2 aromatic rings. The fourth-order valence-electron chi connectivity index (χ4n) is 4.67. The maximum atomic E-state index is 13.2. The van der Waals surface area contributed by atoms with Crippen molar-refractivity contribution in [3.8, 4) is 5.75 Å². The SMILES string of the molecule is O=C(C=Cc1ccccc1OCC(O)CN1CCC(c2ccc(F)cc2)CC1)N1CCCC1. The van der Waals surface area contributed by atoms with Gasteiger partial charge in [0.05, 0.1) is 0 Å². The van der Waals surface area contributed by atoms with Gasteiger partial charge in [0.15, 0.2) is 0 Å². The average molecular weight is 453 g/mol. The maximum absolute atomic E-state index is 13.2. The van der Waals surface area contributed by atoms with Crippen molar-refractivity contribution in [2.45, 2.75) is 37.7 Å². The van der Waals surface area contributed by atoms with Crippen LogP contribution in [-0.2, 0) is 4.79 Å². The van der Waals surface area contributed by atoms with Crippen molar-refractivity contribution < 1.29 is 19.0 Å². The highest BCUT2D eigenvalue weighted by Crippen LogP contribution is 2.28. The third kappa shape index (κ3) is 6.65. The summed E-state index contributed by atoms with van der Waals surface area (Å²) in [5, 5.41) is 10.5. The lowest BCUT2D eigenvalue weighted by atomic mass is 9.89. The second-order valence-electron chi connectivity index (χ2n) is 8.99. The second-order valence-corrected chi connectivity index (χ2v) is 8.99. The number of piperidine rings is 1. The molecule has 2 aliphatic heterocycles. The van der Waals surface area contributed by atoms with Crippen LogP contribution >= 0.6 is 0 Å². The molecule has 2 fully saturated rings. The van der Waals surface area contributed by atoms with Crippen LogP contribution in [0.25, 0.3) is 6.08 Å². The molecule has 0 aliphatic carbocycles. The lowest BCUT2D eigenvalue weighted by molar-refractivity contribution is -0.124. The van der Waals surface area contributed by atoms with Crippen molar-refractivity contribution in [1.82, 2.24) is 9.80 Å². The minimum Gasteiger partial charge on any atom is -0.490 e. The van der Waals surface area contributed by atoms with Crippen LogP contribution in [-0.4, -0.2) is 66.2 Å². The number of carbonyl (C=O) groups excluding carboxylic acids is 1. The van der Waals surface area contributed by atoms with Gasteiger partial charge in [-0.1, -0.05) is 30.3 Å². The highest BCUT2D eigenvalue weighted by molar-refractivity contribution is 5.92. The topological polar surface area (TPSA) is 53.0 Å². The first-order valence-corrected chi connectivity index (χ1v) is 11.9. The number of aliphatic hydroxyl groups excluding tert-OH is 1. The van der Waals surface area contributed by atoms with Crippen molar-refractivity contribution in [2.24, 2.45) is 0 Å². The molecule has 33 heavy (non-hydrogen) atoms. The molecular formula is C27H33FN2O3. The Bertz CT molecular complexity index is 933. The van der Waals surface area contributed by atoms with Crippen LogP contribution in [0, 0.1) is 5.82 Å². The summed E-state index contributed by atoms with van der Waals surface area (Å²) in [6.45, 7) is 4.21. The van der Waals surface area contributed by atoms with Gasteiger partial charge in [-0.3, -0.25) is 4.79 Å². The van der Waals surface area contributed by atoms with Crippen molar-refractivity contribution in [3.63, 3.8) is 0 Å². The van der Waals surface area contributed by atoms with E-state index in [2.05, 4.69) is 4.90 Å². The van der Waals surface area contributed by atoms with E-state index in [-0.39, 0.29) is 18.3 Å². The normalized spacial score (nSPS) is 18.7. The highest BCUT2D eigenvalue weighted by atomic mass is 19.1. The minimum absolute atomic E-state index is 0.0337. The predicted molar refractivity (Wildman–Crippen MR) is 128 cm³/mol. The van der Waals surface area contributed by atoms with Crippen LogP contribution in [0.4, 0.5) is 4.39 Å². The van der Waals surface area contributed by atoms with Crippen LogP contribution in [0.1, 0.15) is 42.7 Å². The molecule has 0 aromatic heterocycles. The summed E-state index contributed by atoms with van der Waals surface area (Å²) in [5.74, 6) is 0.940. The number of rotatable bonds is 8. The smallest absolute Gasteiger partial charge is 0.246 e. The van der Waals surface area contributed by atoms with Crippen molar-refractivity contribution >= 4 is 12.0 Å². The zero-order chi connectivity index (χ0) is 23.0. The Morgan fingerprint density at radius 2 is 1.76 bits per heavy atom. The van der Waals surface area contributed by atoms with Gasteiger partial charge in [-0.05, 0) is 74.5 Å². The summed E-state index contributed by atoms with van der Waals surface area (Å²) >= 11 is 0. The summed E-state index contributed by atoms with van der Waals surface area (Å²) in [4.78, 5) is 16.4. The van der Waals surface area contributed by atoms with E-state index in [4.69, 9.17) is 4.74 Å². The zero-order valence-corrected chi connectivity index (χ0v) is 19.0. The molecule has 1 N–H and O–H groups in total. The molecule has 2 heterocycles. The average Bonchev–Trinajstić information content (AvgIpc) is 3.38. The lowest BCUT2D eigenvalue weighted by Crippen LogP contribution is -2.40. The van der Waals surface area contributed by atoms with Crippen LogP contribution in [0.2, 0.25) is 0 Å². The molecule has 5 nitrogen and oxygen atoms in total. The Kier molecular flexibility index (Phi) is 8.13. The minimum atomic E-state index is -0.601. The molecule has 0 spiro atoms. The number of halogens is 1. The Morgan fingerprint density at radius 1 is 1.06 bits per heavy atom. The van der Waals surface area contributed by atoms with E-state index >= 15 is 0 Å². The Hall–Kier alpha value is -2.70. The molecule has 2 aromatic carbocycles. The monoisotopic (exact) mass is 452 g/mol. The Morgan fingerprint density at radius 3 is 2.48 bits per heavy atom. The van der Waals surface area contributed by atoms with E-state index in [1.807, 2.05) is 41.3 Å². The summed E-state index contributed by atoms with van der Waals surface area (Å²) in [6.07, 6.45) is 6.94. The number of amides is 1. The van der Waals surface area contributed by atoms with Crippen LogP contribution in [0.15, 0.2) is 54.6 Å². The number of aliphatic hydroxyl groups is 1. The molecule has 2 aliphatic rings. The number of hydrogen-bond donors (Lipinski definition) is 1. The molecule has 1 unspecified atom stereocenters. The van der Waals surface area contributed by atoms with E-state index in [0.717, 1.165) is 57.4 Å². The molecular weight excluding hydrogens is 419 g/mol. The third-order valence-corrected chi connectivity index (χ3v) is 6.57. The number of para-hydroxylation sites is 1. The lowest BCUT2D eigenvalue weighted by Gasteiger charge is -2.33. The predicted octanol–water partition coefficient (Wildman–Crippen LogP) is 4.08. The van der Waals surface area contributed by atoms with Crippen molar-refractivity contribution in [3.05, 3.63) is 71.6 Å². The number of nitrogens with zero attached hydrogens (tertiary/aromatic N) is 2. The van der Waals surface area contributed by atoms with Gasteiger partial charge in [0.2, 0.25) is 5.91 Å². The molecule has 1 atom stereocenters. The number of ether oxygens (including phenoxy) is 1. The molecule has 6 heteroatoms. The summed E-state index contributed by atoms with van der Waals surface area (Å²) in [7, 11) is 0. The van der Waals surface area contributed by atoms with E-state index in [0.29, 0.717) is 18.2 Å². The largest absolute Gasteiger partial charge is 0.490 e. The van der Waals surface area contributed by atoms with E-state index in [1.54, 1.807) is 12.2 Å². The molecule has 4 rings (SSSR count). The number of carbonyl (C=O) groups is 1. The van der Waals surface area contributed by atoms with Gasteiger partial charge in [-0.2, -0.15) is 0 Å². The second kappa shape index (κ2) is 11.4. The van der Waals surface area contributed by atoms with Crippen LogP contribution < -0.4 is 4.74 Å². The number of hydrogen-bond acceptors (Lipinski definition) is 4. The Balaban J connectivity index is 1.23. The fraction of sp³-hybridized carbons (Fsp3) is 0.444. The number of β-amino-alcohol motifs (C(OH)–C–C–N with tert-alkyl or cyclic N) is 1. The summed E-state index contributed by atoms with van der Waals surface area (Å²) in [6, 6.07) is 14.4. The summed E-state index contributed by atoms with van der Waals surface area (Å²) in [5.41, 5.74) is 2.02. The van der Waals surface area contributed by atoms with E-state index in [1.165, 1.54) is 17.7 Å². The highest BCUT2D eigenvalue weighted by Gasteiger charge is 2.22. The third-order valence-electron chi connectivity index (χ3n) is 6.57. The first-order valence-electron chi connectivity index (χ1n) is 11.9. The molecule has 176 valence electrons. The quantitative estimate of drug-likeness (QED) is 0.614. The van der Waals surface area contributed by atoms with Gasteiger partial charge < -0.3 is 19.6 Å². The molecule has 1 amide bonds. The standard InChI is InChI=1S/C27H33FN2O3/c28-24-10-7-21(8-11-24)22-13-17-29(18-14-22)19-25(31)20-33-26-6-2-1-5-23(26)9-12-27(32)30-15-3-4-16-30/h1-2,5-12,22,25,31H,3-4,13-20H2. The first kappa shape index (κ1) is 23.5. The van der Waals surface area contributed by atoms with Gasteiger partial charge in [0.1, 0.15) is 24.3 Å². The van der Waals surface area contributed by atoms with Crippen LogP contribution in [0.3, 0.4) is 0 Å². The summed E-state index contributed by atoms with van der Waals surface area (Å²) < 4.78 is 19.1. The van der Waals surface area contributed by atoms with Gasteiger partial charge in [0.25, 0.3) is 0 Å². The molecule has 0 saturated carbocycles. The van der Waals surface area contributed by atoms with Crippen molar-refractivity contribution in [2.75, 3.05) is 39.3 Å². The molecule has 0 radical (unpaired) electrons. The molecule has 0 bridgehead atoms. The van der Waals surface area contributed by atoms with Crippen LogP contribution in [0.5, 0.6) is 5.75 Å². The Labute approximate surface area is 195 Å². The van der Waals surface area contributed by atoms with Gasteiger partial charge in [-0.25, -0.2) is 4.39 Å². The number of likely N-dealkylation sites (tertiary alicyclic amines) is 2. The zero-order valence-electron chi connectivity index (χ0n) is 19.0. The van der Waals surface area contributed by atoms with Crippen molar-refractivity contribution in [1.29, 1.82) is 0 Å². The fourth-order valence-corrected chi connectivity index (χ4v) is 4.67. The maximum Gasteiger partial charge on any atom is 0.246 e. The first-order chi connectivity index (χ1) is 16.1. The van der Waals surface area contributed by atoms with E-state index < -0.39 is 6.10 Å². The van der Waals surface area contributed by atoms with Gasteiger partial charge >= 0.3 is 0 Å². The molecule has 2 saturated heterocycles. The number of benzene rings is 2.